The van der Waals surface area contributed by atoms with Crippen LogP contribution in [0.5, 0.6) is 0 Å². The van der Waals surface area contributed by atoms with E-state index in [0.29, 0.717) is 32.0 Å². The molecule has 0 atom stereocenters. The predicted octanol–water partition coefficient (Wildman–Crippen LogP) is 1.74. The Labute approximate surface area is 167 Å². The molecule has 1 fully saturated rings. The summed E-state index contributed by atoms with van der Waals surface area (Å²) < 4.78 is 37.5. The van der Waals surface area contributed by atoms with Crippen LogP contribution in [0.1, 0.15) is 15.2 Å². The number of hydrogen-bond acceptors (Lipinski definition) is 7. The van der Waals surface area contributed by atoms with Gasteiger partial charge < -0.3 is 14.4 Å². The quantitative estimate of drug-likeness (QED) is 0.709. The van der Waals surface area contributed by atoms with E-state index in [4.69, 9.17) is 4.74 Å². The molecule has 28 heavy (non-hydrogen) atoms. The maximum Gasteiger partial charge on any atom is 0.349 e. The van der Waals surface area contributed by atoms with E-state index in [1.807, 2.05) is 0 Å². The number of esters is 1. The molecular formula is C18H20N2O6S2. The molecule has 0 bridgehead atoms. The van der Waals surface area contributed by atoms with Gasteiger partial charge in [-0.15, -0.1) is 11.3 Å². The van der Waals surface area contributed by atoms with Crippen molar-refractivity contribution in [2.45, 2.75) is 11.3 Å². The van der Waals surface area contributed by atoms with Crippen molar-refractivity contribution in [3.05, 3.63) is 46.2 Å². The van der Waals surface area contributed by atoms with Crippen molar-refractivity contribution in [2.75, 3.05) is 38.1 Å². The zero-order chi connectivity index (χ0) is 20.1. The molecule has 1 N–H and O–H groups in total. The summed E-state index contributed by atoms with van der Waals surface area (Å²) in [6.45, 7) is 2.25. The highest BCUT2D eigenvalue weighted by molar-refractivity contribution is 7.93. The molecular weight excluding hydrogens is 404 g/mol. The van der Waals surface area contributed by atoms with Crippen LogP contribution in [0, 0.1) is 0 Å². The minimum atomic E-state index is -3.94. The minimum Gasteiger partial charge on any atom is -0.465 e. The molecule has 8 nitrogen and oxygen atoms in total. The Hall–Kier alpha value is -2.43. The van der Waals surface area contributed by atoms with Gasteiger partial charge in [0.05, 0.1) is 26.7 Å². The summed E-state index contributed by atoms with van der Waals surface area (Å²) in [5, 5.41) is 1.52. The maximum absolute atomic E-state index is 12.6. The van der Waals surface area contributed by atoms with Crippen molar-refractivity contribution >= 4 is 38.9 Å². The smallest absolute Gasteiger partial charge is 0.349 e. The summed E-state index contributed by atoms with van der Waals surface area (Å²) in [6.07, 6.45) is 0.240. The van der Waals surface area contributed by atoms with Crippen LogP contribution in [0.15, 0.2) is 40.6 Å². The van der Waals surface area contributed by atoms with Gasteiger partial charge in [-0.1, -0.05) is 12.1 Å². The number of benzene rings is 1. The maximum atomic E-state index is 12.6. The van der Waals surface area contributed by atoms with E-state index < -0.39 is 16.0 Å². The first-order valence-electron chi connectivity index (χ1n) is 8.54. The average molecular weight is 425 g/mol. The van der Waals surface area contributed by atoms with Crippen molar-refractivity contribution in [3.8, 4) is 0 Å². The number of thiophene rings is 1. The SMILES string of the molecule is COC(=O)c1sccc1S(=O)(=O)Nc1ccc(CC(=O)N2CCOCC2)cc1. The lowest BCUT2D eigenvalue weighted by Gasteiger charge is -2.26. The first-order valence-corrected chi connectivity index (χ1v) is 10.9. The number of carbonyl (C=O) groups is 2. The van der Waals surface area contributed by atoms with Crippen LogP contribution >= 0.6 is 11.3 Å². The van der Waals surface area contributed by atoms with E-state index in [-0.39, 0.29) is 22.1 Å². The van der Waals surface area contributed by atoms with Crippen molar-refractivity contribution in [2.24, 2.45) is 0 Å². The Kier molecular flexibility index (Phi) is 6.32. The van der Waals surface area contributed by atoms with Crippen molar-refractivity contribution in [1.82, 2.24) is 4.90 Å². The van der Waals surface area contributed by atoms with E-state index >= 15 is 0 Å². The number of morpholine rings is 1. The molecule has 2 heterocycles. The summed E-state index contributed by atoms with van der Waals surface area (Å²) in [5.41, 5.74) is 1.12. The number of sulfonamides is 1. The molecule has 1 amide bonds. The third-order valence-electron chi connectivity index (χ3n) is 4.21. The van der Waals surface area contributed by atoms with Gasteiger partial charge >= 0.3 is 5.97 Å². The number of anilines is 1. The number of methoxy groups -OCH3 is 1. The number of amides is 1. The highest BCUT2D eigenvalue weighted by Gasteiger charge is 2.25. The lowest BCUT2D eigenvalue weighted by molar-refractivity contribution is -0.134. The fourth-order valence-electron chi connectivity index (χ4n) is 2.75. The molecule has 1 aromatic carbocycles. The zero-order valence-electron chi connectivity index (χ0n) is 15.2. The molecule has 1 aliphatic rings. The molecule has 0 spiro atoms. The van der Waals surface area contributed by atoms with Crippen molar-refractivity contribution < 1.29 is 27.5 Å². The first kappa shape index (κ1) is 20.3. The van der Waals surface area contributed by atoms with E-state index in [2.05, 4.69) is 9.46 Å². The van der Waals surface area contributed by atoms with Gasteiger partial charge in [0.2, 0.25) is 5.91 Å². The molecule has 0 unspecified atom stereocenters. The number of rotatable bonds is 6. The molecule has 0 saturated carbocycles. The van der Waals surface area contributed by atoms with Gasteiger partial charge in [-0.3, -0.25) is 9.52 Å². The van der Waals surface area contributed by atoms with Crippen LogP contribution in [-0.4, -0.2) is 58.6 Å². The minimum absolute atomic E-state index is 0.0117. The van der Waals surface area contributed by atoms with E-state index in [9.17, 15) is 18.0 Å². The van der Waals surface area contributed by atoms with Crippen LogP contribution in [-0.2, 0) is 30.7 Å². The van der Waals surface area contributed by atoms with Crippen molar-refractivity contribution in [1.29, 1.82) is 0 Å². The van der Waals surface area contributed by atoms with Gasteiger partial charge in [-0.2, -0.15) is 0 Å². The topological polar surface area (TPSA) is 102 Å². The Bertz CT molecular complexity index is 947. The molecule has 1 aromatic heterocycles. The van der Waals surface area contributed by atoms with Gasteiger partial charge in [0, 0.05) is 18.8 Å². The lowest BCUT2D eigenvalue weighted by atomic mass is 10.1. The molecule has 1 saturated heterocycles. The number of nitrogens with zero attached hydrogens (tertiary/aromatic N) is 1. The summed E-state index contributed by atoms with van der Waals surface area (Å²) in [4.78, 5) is 25.6. The Morgan fingerprint density at radius 3 is 2.50 bits per heavy atom. The number of ether oxygens (including phenoxy) is 2. The third-order valence-corrected chi connectivity index (χ3v) is 6.66. The van der Waals surface area contributed by atoms with Crippen LogP contribution in [0.4, 0.5) is 5.69 Å². The first-order chi connectivity index (χ1) is 13.4. The number of hydrogen-bond donors (Lipinski definition) is 1. The highest BCUT2D eigenvalue weighted by atomic mass is 32.2. The highest BCUT2D eigenvalue weighted by Crippen LogP contribution is 2.25. The van der Waals surface area contributed by atoms with Crippen LogP contribution in [0.2, 0.25) is 0 Å². The van der Waals surface area contributed by atoms with E-state index in [1.165, 1.54) is 18.6 Å². The molecule has 0 aliphatic carbocycles. The predicted molar refractivity (Wildman–Crippen MR) is 104 cm³/mol. The fourth-order valence-corrected chi connectivity index (χ4v) is 5.15. The second-order valence-corrected chi connectivity index (χ2v) is 8.64. The van der Waals surface area contributed by atoms with Crippen LogP contribution in [0.3, 0.4) is 0 Å². The second-order valence-electron chi connectivity index (χ2n) is 6.08. The van der Waals surface area contributed by atoms with Crippen molar-refractivity contribution in [3.63, 3.8) is 0 Å². The molecule has 150 valence electrons. The summed E-state index contributed by atoms with van der Waals surface area (Å²) in [7, 11) is -2.74. The van der Waals surface area contributed by atoms with Crippen LogP contribution < -0.4 is 4.72 Å². The summed E-state index contributed by atoms with van der Waals surface area (Å²) in [5.74, 6) is -0.690. The monoisotopic (exact) mass is 424 g/mol. The van der Waals surface area contributed by atoms with E-state index in [1.54, 1.807) is 29.2 Å². The fraction of sp³-hybridized carbons (Fsp3) is 0.333. The Morgan fingerprint density at radius 2 is 1.86 bits per heavy atom. The third kappa shape index (κ3) is 4.70. The normalized spacial score (nSPS) is 14.5. The van der Waals surface area contributed by atoms with Gasteiger partial charge in [0.15, 0.2) is 0 Å². The Morgan fingerprint density at radius 1 is 1.18 bits per heavy atom. The molecule has 10 heteroatoms. The standard InChI is InChI=1S/C18H20N2O6S2/c1-25-18(22)17-15(6-11-27-17)28(23,24)19-14-4-2-13(3-5-14)12-16(21)20-7-9-26-10-8-20/h2-6,11,19H,7-10,12H2,1H3. The lowest BCUT2D eigenvalue weighted by Crippen LogP contribution is -2.41. The van der Waals surface area contributed by atoms with Gasteiger partial charge in [0.25, 0.3) is 10.0 Å². The van der Waals surface area contributed by atoms with Crippen LogP contribution in [0.25, 0.3) is 0 Å². The van der Waals surface area contributed by atoms with Gasteiger partial charge in [-0.05, 0) is 29.1 Å². The second kappa shape index (κ2) is 8.72. The van der Waals surface area contributed by atoms with Gasteiger partial charge in [0.1, 0.15) is 9.77 Å². The van der Waals surface area contributed by atoms with E-state index in [0.717, 1.165) is 16.9 Å². The largest absolute Gasteiger partial charge is 0.465 e. The average Bonchev–Trinajstić information content (AvgIpc) is 3.20. The molecule has 1 aliphatic heterocycles. The molecule has 0 radical (unpaired) electrons. The number of carbonyl (C=O) groups excluding carboxylic acids is 2. The summed E-state index contributed by atoms with van der Waals surface area (Å²) in [6, 6.07) is 7.93. The van der Waals surface area contributed by atoms with Gasteiger partial charge in [-0.25, -0.2) is 13.2 Å². The zero-order valence-corrected chi connectivity index (χ0v) is 16.8. The molecule has 3 rings (SSSR count). The molecule has 2 aromatic rings. The summed E-state index contributed by atoms with van der Waals surface area (Å²) >= 11 is 0.998. The Balaban J connectivity index is 1.67. The number of nitrogens with one attached hydrogen (secondary N) is 1.